The van der Waals surface area contributed by atoms with Gasteiger partial charge in [-0.1, -0.05) is 22.9 Å². The van der Waals surface area contributed by atoms with E-state index in [1.807, 2.05) is 0 Å². The molecule has 0 amide bonds. The molecule has 2 unspecified atom stereocenters. The molecule has 0 aromatic rings. The number of alkyl halides is 1. The summed E-state index contributed by atoms with van der Waals surface area (Å²) in [5.41, 5.74) is -0.0572. The van der Waals surface area contributed by atoms with Crippen LogP contribution in [0.15, 0.2) is 0 Å². The molecule has 0 aromatic carbocycles. The standard InChI is InChI=1S/C10H21BrO2/c1-8(9(7-11)12-4)6-10(2,3)13-5/h8-9H,6-7H2,1-5H3. The summed E-state index contributed by atoms with van der Waals surface area (Å²) in [5, 5.41) is 0.879. The van der Waals surface area contributed by atoms with Crippen LogP contribution >= 0.6 is 15.9 Å². The quantitative estimate of drug-likeness (QED) is 0.678. The van der Waals surface area contributed by atoms with E-state index in [0.29, 0.717) is 5.92 Å². The summed E-state index contributed by atoms with van der Waals surface area (Å²) in [4.78, 5) is 0. The molecule has 0 saturated heterocycles. The van der Waals surface area contributed by atoms with E-state index in [9.17, 15) is 0 Å². The van der Waals surface area contributed by atoms with Gasteiger partial charge in [-0.2, -0.15) is 0 Å². The number of hydrogen-bond donors (Lipinski definition) is 0. The van der Waals surface area contributed by atoms with E-state index in [4.69, 9.17) is 9.47 Å². The summed E-state index contributed by atoms with van der Waals surface area (Å²) in [5.74, 6) is 0.499. The average molecular weight is 253 g/mol. The third-order valence-corrected chi connectivity index (χ3v) is 3.09. The van der Waals surface area contributed by atoms with Crippen LogP contribution in [-0.2, 0) is 9.47 Å². The molecule has 0 N–H and O–H groups in total. The highest BCUT2D eigenvalue weighted by Gasteiger charge is 2.25. The molecule has 0 rings (SSSR count). The summed E-state index contributed by atoms with van der Waals surface area (Å²) >= 11 is 3.44. The minimum Gasteiger partial charge on any atom is -0.380 e. The molecule has 0 radical (unpaired) electrons. The fraction of sp³-hybridized carbons (Fsp3) is 1.00. The number of methoxy groups -OCH3 is 2. The van der Waals surface area contributed by atoms with Crippen molar-refractivity contribution < 1.29 is 9.47 Å². The monoisotopic (exact) mass is 252 g/mol. The van der Waals surface area contributed by atoms with Crippen molar-refractivity contribution in [1.82, 2.24) is 0 Å². The highest BCUT2D eigenvalue weighted by molar-refractivity contribution is 9.09. The van der Waals surface area contributed by atoms with Gasteiger partial charge in [-0.15, -0.1) is 0 Å². The van der Waals surface area contributed by atoms with Gasteiger partial charge < -0.3 is 9.47 Å². The van der Waals surface area contributed by atoms with E-state index in [1.54, 1.807) is 14.2 Å². The summed E-state index contributed by atoms with van der Waals surface area (Å²) in [6.45, 7) is 6.39. The van der Waals surface area contributed by atoms with E-state index in [0.717, 1.165) is 11.8 Å². The first-order chi connectivity index (χ1) is 5.96. The summed E-state index contributed by atoms with van der Waals surface area (Å²) in [6, 6.07) is 0. The highest BCUT2D eigenvalue weighted by atomic mass is 79.9. The second kappa shape index (κ2) is 5.99. The zero-order valence-corrected chi connectivity index (χ0v) is 10.8. The molecule has 2 nitrogen and oxygen atoms in total. The summed E-state index contributed by atoms with van der Waals surface area (Å²) in [7, 11) is 3.50. The molecular formula is C10H21BrO2. The van der Waals surface area contributed by atoms with E-state index >= 15 is 0 Å². The minimum atomic E-state index is -0.0572. The van der Waals surface area contributed by atoms with E-state index < -0.39 is 0 Å². The molecule has 3 heteroatoms. The smallest absolute Gasteiger partial charge is 0.0694 e. The Balaban J connectivity index is 4.04. The highest BCUT2D eigenvalue weighted by Crippen LogP contribution is 2.23. The molecule has 0 saturated carbocycles. The minimum absolute atomic E-state index is 0.0572. The Labute approximate surface area is 90.1 Å². The second-order valence-corrected chi connectivity index (χ2v) is 4.72. The van der Waals surface area contributed by atoms with Gasteiger partial charge in [0.05, 0.1) is 11.7 Å². The Bertz CT molecular complexity index is 133. The fourth-order valence-corrected chi connectivity index (χ4v) is 2.34. The Morgan fingerprint density at radius 1 is 1.31 bits per heavy atom. The van der Waals surface area contributed by atoms with Crippen molar-refractivity contribution in [3.8, 4) is 0 Å². The molecule has 0 aliphatic heterocycles. The molecular weight excluding hydrogens is 232 g/mol. The average Bonchev–Trinajstić information content (AvgIpc) is 2.06. The van der Waals surface area contributed by atoms with Crippen LogP contribution in [0.25, 0.3) is 0 Å². The van der Waals surface area contributed by atoms with Crippen molar-refractivity contribution >= 4 is 15.9 Å². The Kier molecular flexibility index (Phi) is 6.18. The Morgan fingerprint density at radius 2 is 1.85 bits per heavy atom. The van der Waals surface area contributed by atoms with Crippen LogP contribution < -0.4 is 0 Å². The van der Waals surface area contributed by atoms with Crippen LogP contribution in [0.3, 0.4) is 0 Å². The van der Waals surface area contributed by atoms with Crippen molar-refractivity contribution in [3.63, 3.8) is 0 Å². The number of hydrogen-bond acceptors (Lipinski definition) is 2. The van der Waals surface area contributed by atoms with E-state index in [1.165, 1.54) is 0 Å². The van der Waals surface area contributed by atoms with Crippen LogP contribution in [0, 0.1) is 5.92 Å². The predicted molar refractivity (Wildman–Crippen MR) is 59.5 cm³/mol. The largest absolute Gasteiger partial charge is 0.380 e. The van der Waals surface area contributed by atoms with Crippen molar-refractivity contribution in [2.24, 2.45) is 5.92 Å². The zero-order valence-electron chi connectivity index (χ0n) is 9.26. The van der Waals surface area contributed by atoms with Gasteiger partial charge >= 0.3 is 0 Å². The van der Waals surface area contributed by atoms with Crippen molar-refractivity contribution in [2.75, 3.05) is 19.5 Å². The number of ether oxygens (including phenoxy) is 2. The third kappa shape index (κ3) is 4.99. The molecule has 0 aliphatic rings. The van der Waals surface area contributed by atoms with E-state index in [-0.39, 0.29) is 11.7 Å². The topological polar surface area (TPSA) is 18.5 Å². The lowest BCUT2D eigenvalue weighted by molar-refractivity contribution is -0.0207. The molecule has 0 aromatic heterocycles. The molecule has 13 heavy (non-hydrogen) atoms. The second-order valence-electron chi connectivity index (χ2n) is 4.07. The molecule has 0 fully saturated rings. The predicted octanol–water partition coefficient (Wildman–Crippen LogP) is 2.85. The van der Waals surface area contributed by atoms with Gasteiger partial charge in [0.1, 0.15) is 0 Å². The SMILES string of the molecule is COC(CBr)C(C)CC(C)(C)OC. The maximum atomic E-state index is 5.38. The third-order valence-electron chi connectivity index (χ3n) is 2.46. The lowest BCUT2D eigenvalue weighted by Gasteiger charge is -2.29. The maximum Gasteiger partial charge on any atom is 0.0694 e. The zero-order chi connectivity index (χ0) is 10.5. The van der Waals surface area contributed by atoms with Crippen LogP contribution in [-0.4, -0.2) is 31.3 Å². The normalized spacial score (nSPS) is 17.1. The van der Waals surface area contributed by atoms with Crippen molar-refractivity contribution in [2.45, 2.75) is 38.9 Å². The molecule has 0 bridgehead atoms. The first kappa shape index (κ1) is 13.4. The fourth-order valence-electron chi connectivity index (χ4n) is 1.44. The molecule has 80 valence electrons. The Morgan fingerprint density at radius 3 is 2.15 bits per heavy atom. The Hall–Kier alpha value is 0.400. The van der Waals surface area contributed by atoms with Crippen LogP contribution in [0.1, 0.15) is 27.2 Å². The van der Waals surface area contributed by atoms with Gasteiger partial charge in [0, 0.05) is 19.5 Å². The van der Waals surface area contributed by atoms with Crippen molar-refractivity contribution in [1.29, 1.82) is 0 Å². The maximum absolute atomic E-state index is 5.38. The van der Waals surface area contributed by atoms with Gasteiger partial charge in [0.25, 0.3) is 0 Å². The molecule has 2 atom stereocenters. The van der Waals surface area contributed by atoms with Gasteiger partial charge in [-0.25, -0.2) is 0 Å². The van der Waals surface area contributed by atoms with Gasteiger partial charge in [0.2, 0.25) is 0 Å². The lowest BCUT2D eigenvalue weighted by Crippen LogP contribution is -2.32. The lowest BCUT2D eigenvalue weighted by atomic mass is 9.91. The van der Waals surface area contributed by atoms with Crippen LogP contribution in [0.4, 0.5) is 0 Å². The van der Waals surface area contributed by atoms with Crippen LogP contribution in [0.2, 0.25) is 0 Å². The van der Waals surface area contributed by atoms with Gasteiger partial charge in [-0.3, -0.25) is 0 Å². The molecule has 0 heterocycles. The first-order valence-electron chi connectivity index (χ1n) is 4.60. The van der Waals surface area contributed by atoms with E-state index in [2.05, 4.69) is 36.7 Å². The molecule has 0 spiro atoms. The summed E-state index contributed by atoms with van der Waals surface area (Å²) in [6.07, 6.45) is 1.28. The summed E-state index contributed by atoms with van der Waals surface area (Å²) < 4.78 is 10.7. The molecule has 0 aliphatic carbocycles. The van der Waals surface area contributed by atoms with Crippen LogP contribution in [0.5, 0.6) is 0 Å². The first-order valence-corrected chi connectivity index (χ1v) is 5.73. The van der Waals surface area contributed by atoms with Gasteiger partial charge in [-0.05, 0) is 26.2 Å². The van der Waals surface area contributed by atoms with Crippen molar-refractivity contribution in [3.05, 3.63) is 0 Å². The number of halogens is 1. The van der Waals surface area contributed by atoms with Gasteiger partial charge in [0.15, 0.2) is 0 Å². The number of rotatable bonds is 6.